The molecule has 1 aliphatic carbocycles. The molecule has 16 heavy (non-hydrogen) atoms. The first-order valence-corrected chi connectivity index (χ1v) is 5.60. The van der Waals surface area contributed by atoms with Gasteiger partial charge < -0.3 is 9.47 Å². The molecule has 2 atom stereocenters. The van der Waals surface area contributed by atoms with E-state index in [2.05, 4.69) is 0 Å². The number of methoxy groups -OCH3 is 2. The van der Waals surface area contributed by atoms with Crippen molar-refractivity contribution in [1.82, 2.24) is 4.90 Å². The van der Waals surface area contributed by atoms with E-state index in [1.54, 1.807) is 0 Å². The van der Waals surface area contributed by atoms with Gasteiger partial charge in [-0.1, -0.05) is 6.42 Å². The molecule has 0 aromatic rings. The maximum absolute atomic E-state index is 12.0. The van der Waals surface area contributed by atoms with Gasteiger partial charge in [-0.15, -0.1) is 0 Å². The number of likely N-dealkylation sites (tertiary alicyclic amines) is 1. The Kier molecular flexibility index (Phi) is 3.25. The second-order valence-electron chi connectivity index (χ2n) is 4.33. The van der Waals surface area contributed by atoms with Gasteiger partial charge in [0.1, 0.15) is 0 Å². The molecule has 90 valence electrons. The molecule has 2 aliphatic rings. The Hall–Kier alpha value is -0.940. The van der Waals surface area contributed by atoms with Gasteiger partial charge in [-0.25, -0.2) is 0 Å². The number of rotatable bonds is 4. The molecular weight excluding hydrogens is 210 g/mol. The largest absolute Gasteiger partial charge is 0.354 e. The van der Waals surface area contributed by atoms with E-state index in [-0.39, 0.29) is 30.2 Å². The number of hydrogen-bond acceptors (Lipinski definition) is 4. The average Bonchev–Trinajstić information content (AvgIpc) is 2.84. The standard InChI is InChI=1S/C11H17NO4/c1-15-9(16-2)6-12-10(13)7-4-3-5-8(7)11(12)14/h7-9H,3-6H2,1-2H3. The Morgan fingerprint density at radius 3 is 2.12 bits per heavy atom. The van der Waals surface area contributed by atoms with Crippen LogP contribution in [0.25, 0.3) is 0 Å². The SMILES string of the molecule is COC(CN1C(=O)C2CCCC2C1=O)OC. The van der Waals surface area contributed by atoms with Crippen LogP contribution in [0, 0.1) is 11.8 Å². The summed E-state index contributed by atoms with van der Waals surface area (Å²) in [6.45, 7) is 0.206. The van der Waals surface area contributed by atoms with Gasteiger partial charge in [0.25, 0.3) is 0 Å². The third-order valence-corrected chi connectivity index (χ3v) is 3.54. The first-order chi connectivity index (χ1) is 7.69. The highest BCUT2D eigenvalue weighted by molar-refractivity contribution is 6.05. The van der Waals surface area contributed by atoms with Gasteiger partial charge in [-0.2, -0.15) is 0 Å². The van der Waals surface area contributed by atoms with Crippen molar-refractivity contribution < 1.29 is 19.1 Å². The molecule has 1 saturated carbocycles. The lowest BCUT2D eigenvalue weighted by molar-refractivity contribution is -0.153. The zero-order valence-corrected chi connectivity index (χ0v) is 9.64. The molecule has 1 heterocycles. The Labute approximate surface area is 94.7 Å². The van der Waals surface area contributed by atoms with Gasteiger partial charge >= 0.3 is 0 Å². The van der Waals surface area contributed by atoms with Crippen LogP contribution in [0.3, 0.4) is 0 Å². The molecule has 2 fully saturated rings. The highest BCUT2D eigenvalue weighted by Gasteiger charge is 2.49. The van der Waals surface area contributed by atoms with Crippen molar-refractivity contribution in [3.05, 3.63) is 0 Å². The number of carbonyl (C=O) groups is 2. The van der Waals surface area contributed by atoms with Crippen LogP contribution in [0.2, 0.25) is 0 Å². The van der Waals surface area contributed by atoms with E-state index in [4.69, 9.17) is 9.47 Å². The van der Waals surface area contributed by atoms with Gasteiger partial charge in [-0.3, -0.25) is 14.5 Å². The maximum atomic E-state index is 12.0. The fourth-order valence-corrected chi connectivity index (χ4v) is 2.63. The number of hydrogen-bond donors (Lipinski definition) is 0. The fourth-order valence-electron chi connectivity index (χ4n) is 2.63. The van der Waals surface area contributed by atoms with Crippen molar-refractivity contribution in [1.29, 1.82) is 0 Å². The van der Waals surface area contributed by atoms with E-state index < -0.39 is 6.29 Å². The smallest absolute Gasteiger partial charge is 0.233 e. The van der Waals surface area contributed by atoms with Crippen molar-refractivity contribution in [2.75, 3.05) is 20.8 Å². The lowest BCUT2D eigenvalue weighted by Gasteiger charge is -2.21. The molecule has 0 radical (unpaired) electrons. The molecular formula is C11H17NO4. The number of amides is 2. The van der Waals surface area contributed by atoms with Gasteiger partial charge in [0.15, 0.2) is 6.29 Å². The van der Waals surface area contributed by atoms with Crippen LogP contribution in [0.4, 0.5) is 0 Å². The molecule has 0 spiro atoms. The Bertz CT molecular complexity index is 278. The second kappa shape index (κ2) is 4.51. The predicted octanol–water partition coefficient (Wildman–Crippen LogP) is 0.390. The summed E-state index contributed by atoms with van der Waals surface area (Å²) in [5.41, 5.74) is 0. The number of ether oxygens (including phenoxy) is 2. The quantitative estimate of drug-likeness (QED) is 0.515. The monoisotopic (exact) mass is 227 g/mol. The summed E-state index contributed by atoms with van der Waals surface area (Å²) in [7, 11) is 3.00. The normalized spacial score (nSPS) is 29.3. The van der Waals surface area contributed by atoms with E-state index in [9.17, 15) is 9.59 Å². The summed E-state index contributed by atoms with van der Waals surface area (Å²) in [4.78, 5) is 25.2. The predicted molar refractivity (Wildman–Crippen MR) is 55.4 cm³/mol. The molecule has 0 aromatic carbocycles. The van der Waals surface area contributed by atoms with Crippen LogP contribution < -0.4 is 0 Å². The Balaban J connectivity index is 2.06. The van der Waals surface area contributed by atoms with E-state index in [0.717, 1.165) is 19.3 Å². The topological polar surface area (TPSA) is 55.8 Å². The van der Waals surface area contributed by atoms with E-state index >= 15 is 0 Å². The van der Waals surface area contributed by atoms with Crippen LogP contribution in [-0.4, -0.2) is 43.8 Å². The van der Waals surface area contributed by atoms with Gasteiger partial charge in [0.05, 0.1) is 18.4 Å². The summed E-state index contributed by atoms with van der Waals surface area (Å²) < 4.78 is 10.0. The number of imide groups is 1. The molecule has 5 heteroatoms. The third kappa shape index (κ3) is 1.74. The van der Waals surface area contributed by atoms with Crippen LogP contribution in [0.5, 0.6) is 0 Å². The molecule has 5 nitrogen and oxygen atoms in total. The van der Waals surface area contributed by atoms with Crippen LogP contribution >= 0.6 is 0 Å². The Morgan fingerprint density at radius 2 is 1.69 bits per heavy atom. The van der Waals surface area contributed by atoms with Crippen molar-refractivity contribution in [2.45, 2.75) is 25.6 Å². The molecule has 0 bridgehead atoms. The minimum atomic E-state index is -0.522. The molecule has 1 aliphatic heterocycles. The minimum Gasteiger partial charge on any atom is -0.354 e. The summed E-state index contributed by atoms with van der Waals surface area (Å²) in [5.74, 6) is -0.262. The summed E-state index contributed by atoms with van der Waals surface area (Å²) in [6.07, 6.45) is 2.15. The molecule has 2 amide bonds. The van der Waals surface area contributed by atoms with E-state index in [1.165, 1.54) is 19.1 Å². The highest BCUT2D eigenvalue weighted by Crippen LogP contribution is 2.39. The zero-order chi connectivity index (χ0) is 11.7. The Morgan fingerprint density at radius 1 is 1.19 bits per heavy atom. The van der Waals surface area contributed by atoms with E-state index in [1.807, 2.05) is 0 Å². The lowest BCUT2D eigenvalue weighted by atomic mass is 10.00. The molecule has 2 rings (SSSR count). The average molecular weight is 227 g/mol. The van der Waals surface area contributed by atoms with Crippen LogP contribution in [-0.2, 0) is 19.1 Å². The number of nitrogens with zero attached hydrogens (tertiary/aromatic N) is 1. The molecule has 1 saturated heterocycles. The van der Waals surface area contributed by atoms with Crippen molar-refractivity contribution >= 4 is 11.8 Å². The first-order valence-electron chi connectivity index (χ1n) is 5.60. The first kappa shape index (κ1) is 11.5. The second-order valence-corrected chi connectivity index (χ2v) is 4.33. The fraction of sp³-hybridized carbons (Fsp3) is 0.818. The van der Waals surface area contributed by atoms with Crippen molar-refractivity contribution in [3.63, 3.8) is 0 Å². The molecule has 0 N–H and O–H groups in total. The summed E-state index contributed by atoms with van der Waals surface area (Å²) >= 11 is 0. The van der Waals surface area contributed by atoms with Gasteiger partial charge in [-0.05, 0) is 12.8 Å². The molecule has 0 aromatic heterocycles. The van der Waals surface area contributed by atoms with Crippen molar-refractivity contribution in [2.24, 2.45) is 11.8 Å². The minimum absolute atomic E-state index is 0.0494. The van der Waals surface area contributed by atoms with Crippen LogP contribution in [0.1, 0.15) is 19.3 Å². The van der Waals surface area contributed by atoms with Crippen LogP contribution in [0.15, 0.2) is 0 Å². The van der Waals surface area contributed by atoms with E-state index in [0.29, 0.717) is 0 Å². The highest BCUT2D eigenvalue weighted by atomic mass is 16.7. The van der Waals surface area contributed by atoms with Gasteiger partial charge in [0, 0.05) is 14.2 Å². The lowest BCUT2D eigenvalue weighted by Crippen LogP contribution is -2.39. The number of fused-ring (bicyclic) bond motifs is 1. The van der Waals surface area contributed by atoms with Gasteiger partial charge in [0.2, 0.25) is 11.8 Å². The third-order valence-electron chi connectivity index (χ3n) is 3.54. The zero-order valence-electron chi connectivity index (χ0n) is 9.64. The molecule has 2 unspecified atom stereocenters. The number of carbonyl (C=O) groups excluding carboxylic acids is 2. The summed E-state index contributed by atoms with van der Waals surface area (Å²) in [6, 6.07) is 0. The summed E-state index contributed by atoms with van der Waals surface area (Å²) in [5, 5.41) is 0. The maximum Gasteiger partial charge on any atom is 0.233 e. The van der Waals surface area contributed by atoms with Crippen molar-refractivity contribution in [3.8, 4) is 0 Å².